The summed E-state index contributed by atoms with van der Waals surface area (Å²) in [5.41, 5.74) is 6.06. The molecule has 3 N–H and O–H groups in total. The van der Waals surface area contributed by atoms with Gasteiger partial charge in [0.15, 0.2) is 0 Å². The van der Waals surface area contributed by atoms with Gasteiger partial charge in [0, 0.05) is 18.8 Å². The molecule has 5 nitrogen and oxygen atoms in total. The van der Waals surface area contributed by atoms with Crippen molar-refractivity contribution in [3.8, 4) is 17.6 Å². The number of carbonyl (C=O) groups excluding carboxylic acids is 1. The average Bonchev–Trinajstić information content (AvgIpc) is 2.47. The molecule has 0 aliphatic carbocycles. The normalized spacial score (nSPS) is 9.76. The van der Waals surface area contributed by atoms with Crippen LogP contribution in [0.3, 0.4) is 0 Å². The van der Waals surface area contributed by atoms with E-state index in [1.165, 1.54) is 31.3 Å². The van der Waals surface area contributed by atoms with Crippen LogP contribution in [0.15, 0.2) is 36.4 Å². The zero-order chi connectivity index (χ0) is 15.4. The molecule has 0 fully saturated rings. The monoisotopic (exact) mass is 285 g/mol. The number of nitriles is 1. The van der Waals surface area contributed by atoms with Crippen molar-refractivity contribution < 1.29 is 13.9 Å². The summed E-state index contributed by atoms with van der Waals surface area (Å²) in [5.74, 6) is -0.898. The first-order chi connectivity index (χ1) is 10.1. The summed E-state index contributed by atoms with van der Waals surface area (Å²) in [5, 5.41) is 11.5. The minimum absolute atomic E-state index is 0.0215. The Balaban J connectivity index is 2.50. The van der Waals surface area contributed by atoms with Gasteiger partial charge in [-0.2, -0.15) is 5.26 Å². The van der Waals surface area contributed by atoms with E-state index >= 15 is 0 Å². The summed E-state index contributed by atoms with van der Waals surface area (Å²) in [7, 11) is 1.48. The summed E-state index contributed by atoms with van der Waals surface area (Å²) in [4.78, 5) is 11.8. The van der Waals surface area contributed by atoms with E-state index in [1.807, 2.05) is 0 Å². The molecule has 0 heterocycles. The van der Waals surface area contributed by atoms with Crippen LogP contribution >= 0.6 is 0 Å². The van der Waals surface area contributed by atoms with Crippen LogP contribution in [0, 0.1) is 17.1 Å². The van der Waals surface area contributed by atoms with Crippen LogP contribution in [0.2, 0.25) is 0 Å². The molecule has 0 aliphatic heterocycles. The number of carbonyl (C=O) groups is 1. The number of nitrogens with zero attached hydrogens (tertiary/aromatic N) is 1. The van der Waals surface area contributed by atoms with Gasteiger partial charge in [-0.15, -0.1) is 0 Å². The molecule has 0 saturated carbocycles. The van der Waals surface area contributed by atoms with E-state index in [9.17, 15) is 9.18 Å². The van der Waals surface area contributed by atoms with Crippen LogP contribution in [0.4, 0.5) is 10.1 Å². The highest BCUT2D eigenvalue weighted by molar-refractivity contribution is 5.97. The minimum atomic E-state index is -0.694. The summed E-state index contributed by atoms with van der Waals surface area (Å²) in [6, 6.07) is 10.2. The molecular formula is C15H12FN3O2. The van der Waals surface area contributed by atoms with E-state index in [0.717, 1.165) is 6.07 Å². The molecule has 21 heavy (non-hydrogen) atoms. The number of benzene rings is 2. The van der Waals surface area contributed by atoms with E-state index in [-0.39, 0.29) is 28.5 Å². The van der Waals surface area contributed by atoms with Gasteiger partial charge in [-0.25, -0.2) is 4.39 Å². The Labute approximate surface area is 120 Å². The Kier molecular flexibility index (Phi) is 4.05. The zero-order valence-corrected chi connectivity index (χ0v) is 11.2. The fraction of sp³-hybridized carbons (Fsp3) is 0.0667. The number of anilines is 1. The Bertz CT molecular complexity index is 738. The molecule has 0 aliphatic rings. The second-order valence-electron chi connectivity index (χ2n) is 4.16. The highest BCUT2D eigenvalue weighted by atomic mass is 19.1. The lowest BCUT2D eigenvalue weighted by molar-refractivity contribution is 0.0961. The molecule has 2 aromatic rings. The Morgan fingerprint density at radius 3 is 2.76 bits per heavy atom. The zero-order valence-electron chi connectivity index (χ0n) is 11.2. The van der Waals surface area contributed by atoms with E-state index < -0.39 is 5.82 Å². The van der Waals surface area contributed by atoms with Crippen molar-refractivity contribution >= 4 is 11.6 Å². The molecule has 2 rings (SSSR count). The number of ether oxygens (including phenoxy) is 1. The standard InChI is InChI=1S/C15H12FN3O2/c1-19-15(20)10-6-5-9(18)7-14(10)21-13-4-2-3-12(16)11(13)8-17/h2-7H,18H2,1H3,(H,19,20). The van der Waals surface area contributed by atoms with Gasteiger partial charge in [-0.1, -0.05) is 6.07 Å². The third-order valence-electron chi connectivity index (χ3n) is 2.78. The maximum absolute atomic E-state index is 13.6. The molecule has 0 radical (unpaired) electrons. The lowest BCUT2D eigenvalue weighted by Crippen LogP contribution is -2.18. The first kappa shape index (κ1) is 14.3. The maximum Gasteiger partial charge on any atom is 0.254 e. The molecule has 0 saturated heterocycles. The Morgan fingerprint density at radius 1 is 1.33 bits per heavy atom. The second kappa shape index (κ2) is 5.92. The summed E-state index contributed by atoms with van der Waals surface area (Å²) in [6.07, 6.45) is 0. The molecule has 0 spiro atoms. The first-order valence-corrected chi connectivity index (χ1v) is 6.05. The third kappa shape index (κ3) is 2.92. The average molecular weight is 285 g/mol. The van der Waals surface area contributed by atoms with E-state index in [1.54, 1.807) is 12.1 Å². The molecule has 0 unspecified atom stereocenters. The van der Waals surface area contributed by atoms with Crippen molar-refractivity contribution in [3.05, 3.63) is 53.3 Å². The van der Waals surface area contributed by atoms with Crippen molar-refractivity contribution in [2.24, 2.45) is 0 Å². The SMILES string of the molecule is CNC(=O)c1ccc(N)cc1Oc1cccc(F)c1C#N. The first-order valence-electron chi connectivity index (χ1n) is 6.05. The van der Waals surface area contributed by atoms with Gasteiger partial charge in [-0.05, 0) is 24.3 Å². The number of nitrogen functional groups attached to an aromatic ring is 1. The van der Waals surface area contributed by atoms with Gasteiger partial charge in [0.2, 0.25) is 0 Å². The van der Waals surface area contributed by atoms with Gasteiger partial charge >= 0.3 is 0 Å². The molecule has 0 bridgehead atoms. The largest absolute Gasteiger partial charge is 0.455 e. The number of nitrogens with one attached hydrogen (secondary N) is 1. The number of rotatable bonds is 3. The van der Waals surface area contributed by atoms with E-state index in [0.29, 0.717) is 5.69 Å². The lowest BCUT2D eigenvalue weighted by atomic mass is 10.1. The molecule has 2 aromatic carbocycles. The van der Waals surface area contributed by atoms with Crippen molar-refractivity contribution in [3.63, 3.8) is 0 Å². The Morgan fingerprint density at radius 2 is 2.10 bits per heavy atom. The Hall–Kier alpha value is -3.07. The van der Waals surface area contributed by atoms with Crippen LogP contribution in [0.25, 0.3) is 0 Å². The topological polar surface area (TPSA) is 88.1 Å². The quantitative estimate of drug-likeness (QED) is 0.848. The highest BCUT2D eigenvalue weighted by Gasteiger charge is 2.15. The minimum Gasteiger partial charge on any atom is -0.455 e. The smallest absolute Gasteiger partial charge is 0.254 e. The number of halogens is 1. The molecule has 0 aromatic heterocycles. The number of hydrogen-bond donors (Lipinski definition) is 2. The molecule has 1 amide bonds. The van der Waals surface area contributed by atoms with E-state index in [2.05, 4.69) is 5.32 Å². The van der Waals surface area contributed by atoms with Crippen LogP contribution in [-0.2, 0) is 0 Å². The van der Waals surface area contributed by atoms with Gasteiger partial charge in [0.1, 0.15) is 28.9 Å². The van der Waals surface area contributed by atoms with Crippen molar-refractivity contribution in [1.82, 2.24) is 5.32 Å². The molecular weight excluding hydrogens is 273 g/mol. The molecule has 106 valence electrons. The fourth-order valence-corrected chi connectivity index (χ4v) is 1.76. The molecule has 0 atom stereocenters. The highest BCUT2D eigenvalue weighted by Crippen LogP contribution is 2.30. The van der Waals surface area contributed by atoms with Gasteiger partial charge < -0.3 is 15.8 Å². The van der Waals surface area contributed by atoms with Crippen molar-refractivity contribution in [2.75, 3.05) is 12.8 Å². The van der Waals surface area contributed by atoms with Gasteiger partial charge in [0.25, 0.3) is 5.91 Å². The third-order valence-corrected chi connectivity index (χ3v) is 2.78. The van der Waals surface area contributed by atoms with Crippen LogP contribution < -0.4 is 15.8 Å². The number of hydrogen-bond acceptors (Lipinski definition) is 4. The van der Waals surface area contributed by atoms with Crippen molar-refractivity contribution in [1.29, 1.82) is 5.26 Å². The predicted molar refractivity (Wildman–Crippen MR) is 75.4 cm³/mol. The summed E-state index contributed by atoms with van der Waals surface area (Å²) in [6.45, 7) is 0. The summed E-state index contributed by atoms with van der Waals surface area (Å²) >= 11 is 0. The number of amides is 1. The predicted octanol–water partition coefficient (Wildman–Crippen LogP) is 2.43. The van der Waals surface area contributed by atoms with Crippen molar-refractivity contribution in [2.45, 2.75) is 0 Å². The van der Waals surface area contributed by atoms with Gasteiger partial charge in [0.05, 0.1) is 5.56 Å². The maximum atomic E-state index is 13.6. The van der Waals surface area contributed by atoms with Gasteiger partial charge in [-0.3, -0.25) is 4.79 Å². The van der Waals surface area contributed by atoms with Crippen LogP contribution in [0.1, 0.15) is 15.9 Å². The lowest BCUT2D eigenvalue weighted by Gasteiger charge is -2.12. The summed E-state index contributed by atoms with van der Waals surface area (Å²) < 4.78 is 19.1. The fourth-order valence-electron chi connectivity index (χ4n) is 1.76. The van der Waals surface area contributed by atoms with E-state index in [4.69, 9.17) is 15.7 Å². The molecule has 6 heteroatoms. The van der Waals surface area contributed by atoms with Crippen LogP contribution in [0.5, 0.6) is 11.5 Å². The second-order valence-corrected chi connectivity index (χ2v) is 4.16. The van der Waals surface area contributed by atoms with Crippen LogP contribution in [-0.4, -0.2) is 13.0 Å². The number of nitrogens with two attached hydrogens (primary N) is 1.